The molecule has 0 aromatic heterocycles. The second kappa shape index (κ2) is 3.42. The van der Waals surface area contributed by atoms with E-state index in [0.717, 1.165) is 0 Å². The molecule has 0 aliphatic carbocycles. The fourth-order valence-electron chi connectivity index (χ4n) is 1.42. The first-order chi connectivity index (χ1) is 5.15. The number of halogens is 2. The summed E-state index contributed by atoms with van der Waals surface area (Å²) in [6, 6.07) is -0.167. The highest BCUT2D eigenvalue weighted by molar-refractivity contribution is 4.87. The summed E-state index contributed by atoms with van der Waals surface area (Å²) >= 11 is 0. The molecule has 1 fully saturated rings. The van der Waals surface area contributed by atoms with Crippen LogP contribution in [0.15, 0.2) is 0 Å². The van der Waals surface area contributed by atoms with Crippen LogP contribution in [0.2, 0.25) is 0 Å². The Kier molecular flexibility index (Phi) is 2.75. The molecule has 0 bridgehead atoms. The number of hydrogen-bond donors (Lipinski definition) is 2. The summed E-state index contributed by atoms with van der Waals surface area (Å²) < 4.78 is 24.5. The second-order valence-corrected chi connectivity index (χ2v) is 2.85. The first-order valence-electron chi connectivity index (χ1n) is 3.60. The van der Waals surface area contributed by atoms with Crippen molar-refractivity contribution in [3.63, 3.8) is 0 Å². The number of nitrogens with two attached hydrogens (primary N) is 1. The zero-order valence-corrected chi connectivity index (χ0v) is 6.43. The largest absolute Gasteiger partial charge is 0.315 e. The molecule has 3 N–H and O–H groups in total. The standard InChI is InChI=1S/C6H13F2N3/c1-10-5-3-11(9)2-4(5)6(7)8/h4-6,10H,2-3,9H2,1H3. The molecule has 1 rings (SSSR count). The van der Waals surface area contributed by atoms with E-state index in [-0.39, 0.29) is 12.6 Å². The van der Waals surface area contributed by atoms with Gasteiger partial charge in [-0.1, -0.05) is 0 Å². The lowest BCUT2D eigenvalue weighted by atomic mass is 10.1. The van der Waals surface area contributed by atoms with Crippen molar-refractivity contribution in [2.24, 2.45) is 11.8 Å². The van der Waals surface area contributed by atoms with Gasteiger partial charge in [-0.3, -0.25) is 5.84 Å². The van der Waals surface area contributed by atoms with E-state index in [4.69, 9.17) is 5.84 Å². The first-order valence-corrected chi connectivity index (χ1v) is 3.60. The van der Waals surface area contributed by atoms with E-state index in [1.165, 1.54) is 5.01 Å². The molecule has 2 unspecified atom stereocenters. The summed E-state index contributed by atoms with van der Waals surface area (Å²) in [5.41, 5.74) is 0. The van der Waals surface area contributed by atoms with Gasteiger partial charge in [0, 0.05) is 19.1 Å². The van der Waals surface area contributed by atoms with Crippen molar-refractivity contribution in [1.82, 2.24) is 10.3 Å². The topological polar surface area (TPSA) is 41.3 Å². The minimum absolute atomic E-state index is 0.167. The van der Waals surface area contributed by atoms with Gasteiger partial charge in [0.1, 0.15) is 0 Å². The molecule has 66 valence electrons. The molecule has 0 amide bonds. The van der Waals surface area contributed by atoms with Crippen LogP contribution in [0.25, 0.3) is 0 Å². The van der Waals surface area contributed by atoms with Crippen molar-refractivity contribution in [2.75, 3.05) is 20.1 Å². The molecule has 3 nitrogen and oxygen atoms in total. The van der Waals surface area contributed by atoms with Gasteiger partial charge in [0.15, 0.2) is 0 Å². The first kappa shape index (κ1) is 8.83. The number of alkyl halides is 2. The minimum Gasteiger partial charge on any atom is -0.315 e. The summed E-state index contributed by atoms with van der Waals surface area (Å²) in [5.74, 6) is 4.77. The highest BCUT2D eigenvalue weighted by Crippen LogP contribution is 2.20. The van der Waals surface area contributed by atoms with Crippen molar-refractivity contribution in [2.45, 2.75) is 12.5 Å². The molecule has 0 radical (unpaired) electrons. The molecule has 5 heteroatoms. The number of nitrogens with one attached hydrogen (secondary N) is 1. The van der Waals surface area contributed by atoms with E-state index in [1.807, 2.05) is 0 Å². The van der Waals surface area contributed by atoms with Gasteiger partial charge >= 0.3 is 0 Å². The predicted molar refractivity (Wildman–Crippen MR) is 38.1 cm³/mol. The van der Waals surface area contributed by atoms with Gasteiger partial charge in [-0.25, -0.2) is 13.8 Å². The van der Waals surface area contributed by atoms with Crippen LogP contribution < -0.4 is 11.2 Å². The van der Waals surface area contributed by atoms with Crippen LogP contribution in [0, 0.1) is 5.92 Å². The van der Waals surface area contributed by atoms with E-state index in [9.17, 15) is 8.78 Å². The normalized spacial score (nSPS) is 33.5. The lowest BCUT2D eigenvalue weighted by Gasteiger charge is -2.15. The van der Waals surface area contributed by atoms with E-state index in [1.54, 1.807) is 7.05 Å². The molecular formula is C6H13F2N3. The van der Waals surface area contributed by atoms with E-state index >= 15 is 0 Å². The number of nitrogens with zero attached hydrogens (tertiary/aromatic N) is 1. The van der Waals surface area contributed by atoms with Crippen molar-refractivity contribution in [1.29, 1.82) is 0 Å². The molecule has 0 aromatic carbocycles. The van der Waals surface area contributed by atoms with Gasteiger partial charge in [0.05, 0.1) is 5.92 Å². The van der Waals surface area contributed by atoms with E-state index in [0.29, 0.717) is 6.54 Å². The lowest BCUT2D eigenvalue weighted by molar-refractivity contribution is 0.0704. The Balaban J connectivity index is 2.50. The molecule has 2 atom stereocenters. The number of rotatable bonds is 2. The molecule has 0 spiro atoms. The summed E-state index contributed by atoms with van der Waals surface area (Å²) in [7, 11) is 1.68. The third-order valence-corrected chi connectivity index (χ3v) is 2.09. The average Bonchev–Trinajstić information content (AvgIpc) is 2.30. The van der Waals surface area contributed by atoms with Gasteiger partial charge in [-0.2, -0.15) is 0 Å². The summed E-state index contributed by atoms with van der Waals surface area (Å²) in [6.45, 7) is 0.786. The maximum absolute atomic E-state index is 12.2. The van der Waals surface area contributed by atoms with Gasteiger partial charge in [0.25, 0.3) is 0 Å². The average molecular weight is 165 g/mol. The Bertz CT molecular complexity index is 131. The quantitative estimate of drug-likeness (QED) is 0.549. The van der Waals surface area contributed by atoms with E-state index in [2.05, 4.69) is 5.32 Å². The van der Waals surface area contributed by atoms with Crippen LogP contribution in [-0.4, -0.2) is 37.6 Å². The maximum atomic E-state index is 12.2. The molecule has 1 aliphatic heterocycles. The van der Waals surface area contributed by atoms with Gasteiger partial charge in [-0.05, 0) is 7.05 Å². The Morgan fingerprint density at radius 3 is 2.55 bits per heavy atom. The van der Waals surface area contributed by atoms with Gasteiger partial charge in [0.2, 0.25) is 6.43 Å². The van der Waals surface area contributed by atoms with Crippen LogP contribution in [0.3, 0.4) is 0 Å². The highest BCUT2D eigenvalue weighted by Gasteiger charge is 2.36. The van der Waals surface area contributed by atoms with Gasteiger partial charge in [-0.15, -0.1) is 0 Å². The molecule has 0 saturated carbocycles. The number of likely N-dealkylation sites (N-methyl/N-ethyl adjacent to an activating group) is 1. The molecule has 11 heavy (non-hydrogen) atoms. The number of hydrazine groups is 1. The van der Waals surface area contributed by atoms with Crippen LogP contribution in [-0.2, 0) is 0 Å². The maximum Gasteiger partial charge on any atom is 0.244 e. The second-order valence-electron chi connectivity index (χ2n) is 2.85. The fraction of sp³-hybridized carbons (Fsp3) is 1.00. The highest BCUT2D eigenvalue weighted by atomic mass is 19.3. The third kappa shape index (κ3) is 1.85. The summed E-state index contributed by atoms with van der Waals surface area (Å²) in [4.78, 5) is 0. The monoisotopic (exact) mass is 165 g/mol. The van der Waals surface area contributed by atoms with Crippen LogP contribution in [0.1, 0.15) is 0 Å². The van der Waals surface area contributed by atoms with E-state index < -0.39 is 12.3 Å². The van der Waals surface area contributed by atoms with Crippen LogP contribution in [0.5, 0.6) is 0 Å². The van der Waals surface area contributed by atoms with Crippen molar-refractivity contribution in [3.8, 4) is 0 Å². The molecule has 1 saturated heterocycles. The van der Waals surface area contributed by atoms with Crippen LogP contribution >= 0.6 is 0 Å². The fourth-order valence-corrected chi connectivity index (χ4v) is 1.42. The summed E-state index contributed by atoms with van der Waals surface area (Å²) in [6.07, 6.45) is -2.28. The molecular weight excluding hydrogens is 152 g/mol. The van der Waals surface area contributed by atoms with Crippen LogP contribution in [0.4, 0.5) is 8.78 Å². The third-order valence-electron chi connectivity index (χ3n) is 2.09. The van der Waals surface area contributed by atoms with Gasteiger partial charge < -0.3 is 5.32 Å². The zero-order valence-electron chi connectivity index (χ0n) is 6.43. The minimum atomic E-state index is -2.28. The lowest BCUT2D eigenvalue weighted by Crippen LogP contribution is -2.36. The zero-order chi connectivity index (χ0) is 8.43. The van der Waals surface area contributed by atoms with Crippen molar-refractivity contribution < 1.29 is 8.78 Å². The van der Waals surface area contributed by atoms with Crippen molar-refractivity contribution in [3.05, 3.63) is 0 Å². The Morgan fingerprint density at radius 2 is 2.18 bits per heavy atom. The smallest absolute Gasteiger partial charge is 0.244 e. The molecule has 0 aromatic rings. The predicted octanol–water partition coefficient (Wildman–Crippen LogP) is -0.355. The summed E-state index contributed by atoms with van der Waals surface area (Å²) in [5, 5.41) is 4.25. The Hall–Kier alpha value is -0.260. The number of hydrogen-bond acceptors (Lipinski definition) is 3. The Labute approximate surface area is 64.5 Å². The van der Waals surface area contributed by atoms with Crippen molar-refractivity contribution >= 4 is 0 Å². The SMILES string of the molecule is CNC1CN(N)CC1C(F)F. The Morgan fingerprint density at radius 1 is 1.55 bits per heavy atom. The molecule has 1 aliphatic rings. The molecule has 1 heterocycles.